The zero-order chi connectivity index (χ0) is 17.2. The molecular weight excluding hydrogens is 352 g/mol. The minimum atomic E-state index is 0.0341. The Morgan fingerprint density at radius 3 is 2.72 bits per heavy atom. The second kappa shape index (κ2) is 7.40. The van der Waals surface area contributed by atoms with Crippen LogP contribution in [0.1, 0.15) is 23.2 Å². The molecule has 2 saturated heterocycles. The number of piperidine rings is 1. The van der Waals surface area contributed by atoms with Crippen LogP contribution in [0.5, 0.6) is 0 Å². The summed E-state index contributed by atoms with van der Waals surface area (Å²) in [6.45, 7) is 3.39. The zero-order valence-electron chi connectivity index (χ0n) is 14.0. The van der Waals surface area contributed by atoms with Crippen molar-refractivity contribution in [1.29, 1.82) is 0 Å². The van der Waals surface area contributed by atoms with Gasteiger partial charge in [0, 0.05) is 39.5 Å². The number of nitrogens with zero attached hydrogens (tertiary/aromatic N) is 1. The quantitative estimate of drug-likeness (QED) is 0.867. The van der Waals surface area contributed by atoms with Crippen LogP contribution in [0.25, 0.3) is 0 Å². The number of carbonyl (C=O) groups excluding carboxylic acids is 1. The molecule has 2 aromatic rings. The lowest BCUT2D eigenvalue weighted by Gasteiger charge is -2.30. The molecule has 3 nitrogen and oxygen atoms in total. The summed E-state index contributed by atoms with van der Waals surface area (Å²) in [5.41, 5.74) is 0.725. The number of rotatable bonds is 4. The molecule has 5 heteroatoms. The summed E-state index contributed by atoms with van der Waals surface area (Å²) >= 11 is 7.67. The number of carbonyl (C=O) groups is 1. The number of nitrogens with one attached hydrogen (secondary N) is 1. The Morgan fingerprint density at radius 1 is 1.12 bits per heavy atom. The van der Waals surface area contributed by atoms with Crippen molar-refractivity contribution in [2.45, 2.75) is 28.7 Å². The summed E-state index contributed by atoms with van der Waals surface area (Å²) in [5, 5.41) is 3.94. The number of amides is 1. The van der Waals surface area contributed by atoms with E-state index in [4.69, 9.17) is 11.6 Å². The summed E-state index contributed by atoms with van der Waals surface area (Å²) in [5.74, 6) is 0.794. The van der Waals surface area contributed by atoms with Gasteiger partial charge >= 0.3 is 0 Å². The molecule has 2 fully saturated rings. The molecule has 1 N–H and O–H groups in total. The maximum atomic E-state index is 12.5. The highest BCUT2D eigenvalue weighted by atomic mass is 35.5. The third kappa shape index (κ3) is 4.20. The van der Waals surface area contributed by atoms with Gasteiger partial charge in [-0.1, -0.05) is 29.4 Å². The van der Waals surface area contributed by atoms with Gasteiger partial charge in [0.25, 0.3) is 5.91 Å². The molecule has 0 aromatic heterocycles. The fourth-order valence-corrected chi connectivity index (χ4v) is 4.91. The molecule has 0 spiro atoms. The van der Waals surface area contributed by atoms with E-state index in [2.05, 4.69) is 10.2 Å². The van der Waals surface area contributed by atoms with Crippen molar-refractivity contribution >= 4 is 29.3 Å². The maximum absolute atomic E-state index is 12.5. The summed E-state index contributed by atoms with van der Waals surface area (Å²) in [4.78, 5) is 17.2. The van der Waals surface area contributed by atoms with E-state index in [1.54, 1.807) is 11.8 Å². The van der Waals surface area contributed by atoms with Gasteiger partial charge in [-0.3, -0.25) is 4.79 Å². The predicted octanol–water partition coefficient (Wildman–Crippen LogP) is 4.32. The lowest BCUT2D eigenvalue weighted by molar-refractivity contribution is 0.0909. The zero-order valence-corrected chi connectivity index (χ0v) is 15.5. The highest BCUT2D eigenvalue weighted by molar-refractivity contribution is 7.99. The first kappa shape index (κ1) is 17.0. The first-order valence-corrected chi connectivity index (χ1v) is 9.92. The predicted molar refractivity (Wildman–Crippen MR) is 102 cm³/mol. The van der Waals surface area contributed by atoms with Gasteiger partial charge in [0.15, 0.2) is 0 Å². The van der Waals surface area contributed by atoms with Gasteiger partial charge in [-0.05, 0) is 67.8 Å². The Morgan fingerprint density at radius 2 is 1.96 bits per heavy atom. The summed E-state index contributed by atoms with van der Waals surface area (Å²) in [6.07, 6.45) is 2.40. The molecule has 0 aliphatic carbocycles. The van der Waals surface area contributed by atoms with Crippen LogP contribution in [0.4, 0.5) is 0 Å². The van der Waals surface area contributed by atoms with E-state index >= 15 is 0 Å². The molecule has 25 heavy (non-hydrogen) atoms. The number of hydrogen-bond acceptors (Lipinski definition) is 3. The van der Waals surface area contributed by atoms with Crippen molar-refractivity contribution in [3.63, 3.8) is 0 Å². The number of fused-ring (bicyclic) bond motifs is 2. The number of hydrogen-bond donors (Lipinski definition) is 1. The average molecular weight is 373 g/mol. The van der Waals surface area contributed by atoms with Gasteiger partial charge < -0.3 is 10.2 Å². The van der Waals surface area contributed by atoms with Crippen molar-refractivity contribution in [2.75, 3.05) is 19.6 Å². The van der Waals surface area contributed by atoms with Crippen molar-refractivity contribution in [2.24, 2.45) is 5.92 Å². The molecule has 3 atom stereocenters. The number of benzene rings is 2. The first-order chi connectivity index (χ1) is 12.2. The van der Waals surface area contributed by atoms with Crippen molar-refractivity contribution in [3.05, 3.63) is 59.1 Å². The largest absolute Gasteiger partial charge is 0.348 e. The van der Waals surface area contributed by atoms with Crippen LogP contribution in [-0.4, -0.2) is 36.5 Å². The van der Waals surface area contributed by atoms with E-state index in [1.165, 1.54) is 19.5 Å². The summed E-state index contributed by atoms with van der Waals surface area (Å²) in [6, 6.07) is 15.9. The monoisotopic (exact) mass is 372 g/mol. The average Bonchev–Trinajstić information content (AvgIpc) is 2.94. The van der Waals surface area contributed by atoms with Crippen molar-refractivity contribution < 1.29 is 4.79 Å². The Balaban J connectivity index is 1.37. The molecule has 0 radical (unpaired) electrons. The molecule has 1 amide bonds. The second-order valence-electron chi connectivity index (χ2n) is 6.90. The Labute approximate surface area is 157 Å². The summed E-state index contributed by atoms with van der Waals surface area (Å²) in [7, 11) is 0. The Hall–Kier alpha value is -1.49. The molecule has 2 aliphatic rings. The van der Waals surface area contributed by atoms with Crippen LogP contribution in [-0.2, 0) is 0 Å². The van der Waals surface area contributed by atoms with E-state index in [1.807, 2.05) is 48.5 Å². The van der Waals surface area contributed by atoms with Crippen LogP contribution >= 0.6 is 23.4 Å². The molecule has 2 aliphatic heterocycles. The molecule has 2 bridgehead atoms. The fraction of sp³-hybridized carbons (Fsp3) is 0.350. The van der Waals surface area contributed by atoms with Crippen molar-refractivity contribution in [3.8, 4) is 0 Å². The highest BCUT2D eigenvalue weighted by Gasteiger charge is 2.32. The highest BCUT2D eigenvalue weighted by Crippen LogP contribution is 2.30. The third-order valence-electron chi connectivity index (χ3n) is 4.95. The first-order valence-electron chi connectivity index (χ1n) is 8.72. The van der Waals surface area contributed by atoms with Crippen molar-refractivity contribution in [1.82, 2.24) is 10.2 Å². The SMILES string of the molecule is O=C(N[C@@H]1C[C@H]2CCN(C2)C1)c1ccc(Sc2cccc(Cl)c2)cc1. The van der Waals surface area contributed by atoms with Gasteiger partial charge in [-0.2, -0.15) is 0 Å². The lowest BCUT2D eigenvalue weighted by Crippen LogP contribution is -2.47. The van der Waals surface area contributed by atoms with Crippen LogP contribution < -0.4 is 5.32 Å². The van der Waals surface area contributed by atoms with Gasteiger partial charge in [0.05, 0.1) is 0 Å². The lowest BCUT2D eigenvalue weighted by atomic mass is 9.96. The van der Waals surface area contributed by atoms with E-state index in [0.29, 0.717) is 0 Å². The summed E-state index contributed by atoms with van der Waals surface area (Å²) < 4.78 is 0. The van der Waals surface area contributed by atoms with Crippen LogP contribution in [0, 0.1) is 5.92 Å². The van der Waals surface area contributed by atoms with E-state index < -0.39 is 0 Å². The molecule has 1 unspecified atom stereocenters. The van der Waals surface area contributed by atoms with Crippen LogP contribution in [0.15, 0.2) is 58.3 Å². The van der Waals surface area contributed by atoms with Gasteiger partial charge in [0.2, 0.25) is 0 Å². The standard InChI is InChI=1S/C20H21ClN2OS/c21-16-2-1-3-19(11-16)25-18-6-4-15(5-7-18)20(24)22-17-10-14-8-9-23(12-14)13-17/h1-7,11,14,17H,8-10,12-13H2,(H,22,24)/t14-,17-/m1/s1. The topological polar surface area (TPSA) is 32.3 Å². The van der Waals surface area contributed by atoms with Crippen LogP contribution in [0.3, 0.4) is 0 Å². The van der Waals surface area contributed by atoms with Gasteiger partial charge in [-0.15, -0.1) is 0 Å². The smallest absolute Gasteiger partial charge is 0.251 e. The molecular formula is C20H21ClN2OS. The minimum absolute atomic E-state index is 0.0341. The Kier molecular flexibility index (Phi) is 5.02. The van der Waals surface area contributed by atoms with Gasteiger partial charge in [0.1, 0.15) is 0 Å². The van der Waals surface area contributed by atoms with E-state index in [-0.39, 0.29) is 11.9 Å². The fourth-order valence-electron chi connectivity index (χ4n) is 3.77. The number of halogens is 1. The normalized spacial score (nSPS) is 24.9. The molecule has 2 heterocycles. The second-order valence-corrected chi connectivity index (χ2v) is 8.49. The third-order valence-corrected chi connectivity index (χ3v) is 6.18. The van der Waals surface area contributed by atoms with Gasteiger partial charge in [-0.25, -0.2) is 0 Å². The minimum Gasteiger partial charge on any atom is -0.348 e. The van der Waals surface area contributed by atoms with Crippen LogP contribution in [0.2, 0.25) is 5.02 Å². The molecule has 4 rings (SSSR count). The molecule has 130 valence electrons. The van der Waals surface area contributed by atoms with E-state index in [9.17, 15) is 4.79 Å². The molecule has 2 aromatic carbocycles. The van der Waals surface area contributed by atoms with E-state index in [0.717, 1.165) is 39.3 Å². The Bertz CT molecular complexity index is 753. The molecule has 0 saturated carbocycles. The maximum Gasteiger partial charge on any atom is 0.251 e.